The maximum Gasteiger partial charge on any atom is 0.516 e. The summed E-state index contributed by atoms with van der Waals surface area (Å²) in [5.74, 6) is -4.19. The monoisotopic (exact) mass is 378 g/mol. The van der Waals surface area contributed by atoms with Crippen molar-refractivity contribution in [2.45, 2.75) is 25.4 Å². The van der Waals surface area contributed by atoms with Crippen LogP contribution >= 0.6 is 0 Å². The van der Waals surface area contributed by atoms with Gasteiger partial charge >= 0.3 is 15.5 Å². The van der Waals surface area contributed by atoms with E-state index in [-0.39, 0.29) is 11.1 Å². The van der Waals surface area contributed by atoms with Crippen LogP contribution in [0.5, 0.6) is 0 Å². The van der Waals surface area contributed by atoms with E-state index in [2.05, 4.69) is 0 Å². The molecule has 11 heteroatoms. The molecule has 1 aliphatic rings. The molecule has 0 radical (unpaired) electrons. The van der Waals surface area contributed by atoms with Gasteiger partial charge in [-0.3, -0.25) is 19.3 Å². The SMILES string of the molecule is CC(C)C(C(=O)NS(=O)(=O)C(F)(F)F)N1C(=O)c2ccccc2C1=O. The zero-order valence-electron chi connectivity index (χ0n) is 13.0. The minimum absolute atomic E-state index is 0.00960. The van der Waals surface area contributed by atoms with Gasteiger partial charge in [-0.2, -0.15) is 21.6 Å². The van der Waals surface area contributed by atoms with Gasteiger partial charge in [-0.1, -0.05) is 26.0 Å². The van der Waals surface area contributed by atoms with Crippen molar-refractivity contribution in [3.05, 3.63) is 35.4 Å². The summed E-state index contributed by atoms with van der Waals surface area (Å²) < 4.78 is 60.5. The number of sulfonamides is 1. The highest BCUT2D eigenvalue weighted by Crippen LogP contribution is 2.28. The summed E-state index contributed by atoms with van der Waals surface area (Å²) >= 11 is 0. The highest BCUT2D eigenvalue weighted by molar-refractivity contribution is 7.90. The Morgan fingerprint density at radius 3 is 1.88 bits per heavy atom. The fourth-order valence-corrected chi connectivity index (χ4v) is 2.93. The van der Waals surface area contributed by atoms with Crippen molar-refractivity contribution in [1.29, 1.82) is 0 Å². The van der Waals surface area contributed by atoms with Crippen LogP contribution in [0.4, 0.5) is 13.2 Å². The van der Waals surface area contributed by atoms with Crippen LogP contribution in [-0.2, 0) is 14.8 Å². The van der Waals surface area contributed by atoms with Gasteiger partial charge < -0.3 is 0 Å². The number of alkyl halides is 3. The largest absolute Gasteiger partial charge is 0.516 e. The third-order valence-corrected chi connectivity index (χ3v) is 4.62. The van der Waals surface area contributed by atoms with Gasteiger partial charge in [-0.05, 0) is 18.1 Å². The topological polar surface area (TPSA) is 101 Å². The molecular weight excluding hydrogens is 365 g/mol. The maximum atomic E-state index is 12.5. The quantitative estimate of drug-likeness (QED) is 0.796. The summed E-state index contributed by atoms with van der Waals surface area (Å²) in [5.41, 5.74) is -5.72. The Hall–Kier alpha value is -2.43. The molecule has 1 unspecified atom stereocenters. The third kappa shape index (κ3) is 3.23. The lowest BCUT2D eigenvalue weighted by atomic mass is 10.0. The molecule has 136 valence electrons. The van der Waals surface area contributed by atoms with Crippen LogP contribution in [-0.4, -0.2) is 42.6 Å². The number of halogens is 3. The normalized spacial score (nSPS) is 16.2. The molecule has 1 N–H and O–H groups in total. The number of carbonyl (C=O) groups excluding carboxylic acids is 3. The van der Waals surface area contributed by atoms with Gasteiger partial charge in [-0.15, -0.1) is 0 Å². The fourth-order valence-electron chi connectivity index (χ4n) is 2.43. The van der Waals surface area contributed by atoms with Crippen LogP contribution in [0.2, 0.25) is 0 Å². The van der Waals surface area contributed by atoms with Crippen molar-refractivity contribution in [2.75, 3.05) is 0 Å². The second-order valence-electron chi connectivity index (χ2n) is 5.63. The van der Waals surface area contributed by atoms with Gasteiger partial charge in [-0.25, -0.2) is 4.72 Å². The number of fused-ring (bicyclic) bond motifs is 1. The third-order valence-electron chi connectivity index (χ3n) is 3.54. The van der Waals surface area contributed by atoms with Crippen LogP contribution < -0.4 is 4.72 Å². The molecule has 1 atom stereocenters. The summed E-state index contributed by atoms with van der Waals surface area (Å²) in [7, 11) is -5.96. The van der Waals surface area contributed by atoms with Gasteiger partial charge in [0.25, 0.3) is 17.7 Å². The van der Waals surface area contributed by atoms with Crippen molar-refractivity contribution in [3.8, 4) is 0 Å². The smallest absolute Gasteiger partial charge is 0.272 e. The zero-order chi connectivity index (χ0) is 19.2. The van der Waals surface area contributed by atoms with Gasteiger partial charge in [0, 0.05) is 0 Å². The fraction of sp³-hybridized carbons (Fsp3) is 0.357. The lowest BCUT2D eigenvalue weighted by molar-refractivity contribution is -0.125. The molecule has 1 aromatic rings. The van der Waals surface area contributed by atoms with E-state index in [1.54, 1.807) is 0 Å². The highest BCUT2D eigenvalue weighted by Gasteiger charge is 2.50. The standard InChI is InChI=1S/C14H13F3N2O5S/c1-7(2)10(11(20)18-25(23,24)14(15,16)17)19-12(21)8-5-3-4-6-9(8)13(19)22/h3-7,10H,1-2H3,(H,18,20). The molecule has 3 amide bonds. The Labute approximate surface area is 140 Å². The number of nitrogens with zero attached hydrogens (tertiary/aromatic N) is 1. The van der Waals surface area contributed by atoms with Gasteiger partial charge in [0.15, 0.2) is 0 Å². The van der Waals surface area contributed by atoms with Crippen molar-refractivity contribution in [2.24, 2.45) is 5.92 Å². The van der Waals surface area contributed by atoms with Gasteiger partial charge in [0.05, 0.1) is 11.1 Å². The summed E-state index contributed by atoms with van der Waals surface area (Å²) in [6.07, 6.45) is 0. The predicted molar refractivity (Wildman–Crippen MR) is 78.7 cm³/mol. The van der Waals surface area contributed by atoms with E-state index >= 15 is 0 Å². The van der Waals surface area contributed by atoms with E-state index in [4.69, 9.17) is 0 Å². The van der Waals surface area contributed by atoms with Crippen molar-refractivity contribution in [3.63, 3.8) is 0 Å². The van der Waals surface area contributed by atoms with Crippen LogP contribution in [0.15, 0.2) is 24.3 Å². The number of amides is 3. The summed E-state index contributed by atoms with van der Waals surface area (Å²) in [6.45, 7) is 2.74. The zero-order valence-corrected chi connectivity index (χ0v) is 13.8. The molecule has 0 saturated heterocycles. The van der Waals surface area contributed by atoms with Crippen LogP contribution in [0.25, 0.3) is 0 Å². The molecule has 2 rings (SSSR count). The average Bonchev–Trinajstić information content (AvgIpc) is 2.71. The maximum absolute atomic E-state index is 12.5. The molecule has 0 bridgehead atoms. The highest BCUT2D eigenvalue weighted by atomic mass is 32.2. The van der Waals surface area contributed by atoms with E-state index in [9.17, 15) is 36.0 Å². The van der Waals surface area contributed by atoms with E-state index in [1.165, 1.54) is 38.1 Å². The first-order chi connectivity index (χ1) is 11.4. The number of hydrogen-bond acceptors (Lipinski definition) is 5. The molecule has 0 aromatic heterocycles. The Bertz CT molecular complexity index is 813. The van der Waals surface area contributed by atoms with E-state index in [0.29, 0.717) is 4.90 Å². The number of imide groups is 1. The number of benzene rings is 1. The summed E-state index contributed by atoms with van der Waals surface area (Å²) in [4.78, 5) is 37.4. The van der Waals surface area contributed by atoms with E-state index in [1.807, 2.05) is 0 Å². The molecule has 0 saturated carbocycles. The second kappa shape index (κ2) is 6.14. The molecule has 1 aliphatic heterocycles. The molecule has 0 aliphatic carbocycles. The van der Waals surface area contributed by atoms with Crippen LogP contribution in [0.1, 0.15) is 34.6 Å². The molecule has 25 heavy (non-hydrogen) atoms. The first-order valence-electron chi connectivity index (χ1n) is 6.98. The van der Waals surface area contributed by atoms with E-state index < -0.39 is 45.2 Å². The van der Waals surface area contributed by atoms with Crippen LogP contribution in [0, 0.1) is 5.92 Å². The van der Waals surface area contributed by atoms with Crippen molar-refractivity contribution >= 4 is 27.7 Å². The lowest BCUT2D eigenvalue weighted by Gasteiger charge is -2.28. The molecule has 0 fully saturated rings. The summed E-state index contributed by atoms with van der Waals surface area (Å²) in [5, 5.41) is 0. The van der Waals surface area contributed by atoms with E-state index in [0.717, 1.165) is 4.72 Å². The molecule has 0 spiro atoms. The van der Waals surface area contributed by atoms with Gasteiger partial charge in [0.1, 0.15) is 6.04 Å². The molecule has 1 aromatic carbocycles. The number of hydrogen-bond donors (Lipinski definition) is 1. The lowest BCUT2D eigenvalue weighted by Crippen LogP contribution is -2.54. The number of rotatable bonds is 4. The molecular formula is C14H13F3N2O5S. The van der Waals surface area contributed by atoms with Crippen molar-refractivity contribution < 1.29 is 36.0 Å². The van der Waals surface area contributed by atoms with Gasteiger partial charge in [0.2, 0.25) is 0 Å². The number of nitrogens with one attached hydrogen (secondary N) is 1. The van der Waals surface area contributed by atoms with Crippen molar-refractivity contribution in [1.82, 2.24) is 9.62 Å². The Balaban J connectivity index is 2.39. The Kier molecular flexibility index (Phi) is 4.64. The predicted octanol–water partition coefficient (Wildman–Crippen LogP) is 1.27. The Morgan fingerprint density at radius 1 is 1.08 bits per heavy atom. The van der Waals surface area contributed by atoms with Crippen LogP contribution in [0.3, 0.4) is 0 Å². The number of carbonyl (C=O) groups is 3. The molecule has 7 nitrogen and oxygen atoms in total. The minimum Gasteiger partial charge on any atom is -0.272 e. The second-order valence-corrected chi connectivity index (χ2v) is 7.30. The summed E-state index contributed by atoms with van der Waals surface area (Å²) in [6, 6.07) is 3.90. The first-order valence-corrected chi connectivity index (χ1v) is 8.46. The first kappa shape index (κ1) is 18.9. The Morgan fingerprint density at radius 2 is 1.52 bits per heavy atom. The molecule has 1 heterocycles. The average molecular weight is 378 g/mol. The minimum atomic E-state index is -5.96.